The molecule has 1 unspecified atom stereocenters. The number of aromatic nitrogens is 2. The molecule has 0 bridgehead atoms. The van der Waals surface area contributed by atoms with Crippen LogP contribution >= 0.6 is 11.6 Å². The molecular formula is C13H17ClN4. The number of benzene rings is 1. The molecule has 0 saturated carbocycles. The van der Waals surface area contributed by atoms with Crippen molar-refractivity contribution >= 4 is 11.6 Å². The summed E-state index contributed by atoms with van der Waals surface area (Å²) in [6, 6.07) is 7.83. The Morgan fingerprint density at radius 2 is 2.33 bits per heavy atom. The van der Waals surface area contributed by atoms with Crippen LogP contribution in [0.15, 0.2) is 36.7 Å². The van der Waals surface area contributed by atoms with Crippen molar-refractivity contribution in [1.29, 1.82) is 0 Å². The lowest BCUT2D eigenvalue weighted by Crippen LogP contribution is -2.28. The Balaban J connectivity index is 2.04. The summed E-state index contributed by atoms with van der Waals surface area (Å²) in [5, 5.41) is 0.727. The molecule has 2 aromatic rings. The number of nitrogens with zero attached hydrogens (tertiary/aromatic N) is 2. The van der Waals surface area contributed by atoms with E-state index in [1.165, 1.54) is 0 Å². The van der Waals surface area contributed by atoms with Gasteiger partial charge in [0.1, 0.15) is 5.82 Å². The molecule has 5 heteroatoms. The van der Waals surface area contributed by atoms with Crippen LogP contribution in [0.4, 0.5) is 0 Å². The molecule has 1 heterocycles. The lowest BCUT2D eigenvalue weighted by atomic mass is 10.0. The van der Waals surface area contributed by atoms with Gasteiger partial charge < -0.3 is 4.57 Å². The summed E-state index contributed by atoms with van der Waals surface area (Å²) < 4.78 is 2.02. The van der Waals surface area contributed by atoms with Gasteiger partial charge in [-0.05, 0) is 24.1 Å². The predicted octanol–water partition coefficient (Wildman–Crippen LogP) is 2.21. The summed E-state index contributed by atoms with van der Waals surface area (Å²) >= 11 is 5.99. The second-order valence-corrected chi connectivity index (χ2v) is 4.70. The van der Waals surface area contributed by atoms with Crippen LogP contribution in [0.5, 0.6) is 0 Å². The van der Waals surface area contributed by atoms with Crippen molar-refractivity contribution in [3.8, 4) is 0 Å². The van der Waals surface area contributed by atoms with Gasteiger partial charge in [-0.1, -0.05) is 23.7 Å². The van der Waals surface area contributed by atoms with Crippen LogP contribution in [0.1, 0.15) is 23.9 Å². The van der Waals surface area contributed by atoms with E-state index in [2.05, 4.69) is 10.4 Å². The van der Waals surface area contributed by atoms with Crippen molar-refractivity contribution in [1.82, 2.24) is 15.0 Å². The van der Waals surface area contributed by atoms with Gasteiger partial charge in [-0.2, -0.15) is 0 Å². The third-order valence-electron chi connectivity index (χ3n) is 3.03. The minimum Gasteiger partial charge on any atom is -0.338 e. The fourth-order valence-corrected chi connectivity index (χ4v) is 2.18. The Hall–Kier alpha value is -1.36. The van der Waals surface area contributed by atoms with Crippen LogP contribution in [0.25, 0.3) is 0 Å². The first-order valence-electron chi connectivity index (χ1n) is 5.88. The Morgan fingerprint density at radius 3 is 2.94 bits per heavy atom. The highest BCUT2D eigenvalue weighted by atomic mass is 35.5. The molecule has 18 heavy (non-hydrogen) atoms. The molecule has 96 valence electrons. The smallest absolute Gasteiger partial charge is 0.108 e. The number of hydrazine groups is 1. The standard InChI is InChI=1S/C13H17ClN4/c1-18-8-7-16-13(18)6-5-12(17-15)10-3-2-4-11(14)9-10/h2-4,7-9,12,17H,5-6,15H2,1H3. The third-order valence-corrected chi connectivity index (χ3v) is 3.26. The SMILES string of the molecule is Cn1ccnc1CCC(NN)c1cccc(Cl)c1. The Labute approximate surface area is 112 Å². The van der Waals surface area contributed by atoms with Crippen LogP contribution in [0.2, 0.25) is 5.02 Å². The maximum atomic E-state index is 5.99. The first-order chi connectivity index (χ1) is 8.70. The summed E-state index contributed by atoms with van der Waals surface area (Å²) in [4.78, 5) is 4.30. The van der Waals surface area contributed by atoms with Crippen molar-refractivity contribution in [2.24, 2.45) is 12.9 Å². The van der Waals surface area contributed by atoms with Gasteiger partial charge in [0.15, 0.2) is 0 Å². The quantitative estimate of drug-likeness (QED) is 0.643. The van der Waals surface area contributed by atoms with E-state index in [1.54, 1.807) is 6.20 Å². The zero-order chi connectivity index (χ0) is 13.0. The maximum Gasteiger partial charge on any atom is 0.108 e. The van der Waals surface area contributed by atoms with E-state index in [-0.39, 0.29) is 6.04 Å². The van der Waals surface area contributed by atoms with Crippen LogP contribution < -0.4 is 11.3 Å². The van der Waals surface area contributed by atoms with Crippen LogP contribution in [0, 0.1) is 0 Å². The molecule has 0 spiro atoms. The van der Waals surface area contributed by atoms with E-state index in [4.69, 9.17) is 17.4 Å². The number of hydrogen-bond donors (Lipinski definition) is 2. The first-order valence-corrected chi connectivity index (χ1v) is 6.26. The molecule has 2 rings (SSSR count). The molecule has 0 radical (unpaired) electrons. The summed E-state index contributed by atoms with van der Waals surface area (Å²) in [6.45, 7) is 0. The van der Waals surface area contributed by atoms with Gasteiger partial charge in [-0.25, -0.2) is 4.98 Å². The predicted molar refractivity (Wildman–Crippen MR) is 73.0 cm³/mol. The molecule has 0 aliphatic heterocycles. The topological polar surface area (TPSA) is 55.9 Å². The van der Waals surface area contributed by atoms with Gasteiger partial charge in [0.05, 0.1) is 0 Å². The maximum absolute atomic E-state index is 5.99. The fourth-order valence-electron chi connectivity index (χ4n) is 1.98. The summed E-state index contributed by atoms with van der Waals surface area (Å²) in [5.74, 6) is 6.67. The third kappa shape index (κ3) is 3.10. The van der Waals surface area contributed by atoms with Crippen molar-refractivity contribution in [3.05, 3.63) is 53.1 Å². The van der Waals surface area contributed by atoms with Crippen molar-refractivity contribution in [3.63, 3.8) is 0 Å². The zero-order valence-electron chi connectivity index (χ0n) is 10.3. The molecule has 1 aromatic carbocycles. The highest BCUT2D eigenvalue weighted by molar-refractivity contribution is 6.30. The van der Waals surface area contributed by atoms with E-state index >= 15 is 0 Å². The second kappa shape index (κ2) is 6.00. The largest absolute Gasteiger partial charge is 0.338 e. The Morgan fingerprint density at radius 1 is 1.50 bits per heavy atom. The number of nitrogens with one attached hydrogen (secondary N) is 1. The minimum atomic E-state index is 0.0837. The summed E-state index contributed by atoms with van der Waals surface area (Å²) in [7, 11) is 1.99. The Bertz CT molecular complexity index is 509. The minimum absolute atomic E-state index is 0.0837. The van der Waals surface area contributed by atoms with Crippen LogP contribution in [0.3, 0.4) is 0 Å². The molecule has 1 atom stereocenters. The zero-order valence-corrected chi connectivity index (χ0v) is 11.1. The average molecular weight is 265 g/mol. The van der Waals surface area contributed by atoms with E-state index < -0.39 is 0 Å². The number of rotatable bonds is 5. The van der Waals surface area contributed by atoms with Gasteiger partial charge >= 0.3 is 0 Å². The molecule has 0 fully saturated rings. The van der Waals surface area contributed by atoms with E-state index in [9.17, 15) is 0 Å². The van der Waals surface area contributed by atoms with E-state index in [1.807, 2.05) is 42.1 Å². The molecule has 0 aliphatic carbocycles. The fraction of sp³-hybridized carbons (Fsp3) is 0.308. The highest BCUT2D eigenvalue weighted by Crippen LogP contribution is 2.21. The average Bonchev–Trinajstić information content (AvgIpc) is 2.76. The molecule has 0 aliphatic rings. The van der Waals surface area contributed by atoms with E-state index in [0.717, 1.165) is 29.3 Å². The Kier molecular flexibility index (Phi) is 4.36. The van der Waals surface area contributed by atoms with Crippen molar-refractivity contribution in [2.45, 2.75) is 18.9 Å². The van der Waals surface area contributed by atoms with Crippen molar-refractivity contribution < 1.29 is 0 Å². The number of hydrogen-bond acceptors (Lipinski definition) is 3. The first kappa shape index (κ1) is 13.1. The highest BCUT2D eigenvalue weighted by Gasteiger charge is 2.11. The summed E-state index contributed by atoms with van der Waals surface area (Å²) in [5.41, 5.74) is 3.93. The molecule has 3 N–H and O–H groups in total. The molecule has 0 saturated heterocycles. The van der Waals surface area contributed by atoms with Crippen LogP contribution in [-0.4, -0.2) is 9.55 Å². The number of aryl methyl sites for hydroxylation is 2. The molecule has 4 nitrogen and oxygen atoms in total. The van der Waals surface area contributed by atoms with Crippen LogP contribution in [-0.2, 0) is 13.5 Å². The van der Waals surface area contributed by atoms with Crippen molar-refractivity contribution in [2.75, 3.05) is 0 Å². The lowest BCUT2D eigenvalue weighted by Gasteiger charge is -2.16. The second-order valence-electron chi connectivity index (χ2n) is 4.27. The molecular weight excluding hydrogens is 248 g/mol. The number of nitrogens with two attached hydrogens (primary N) is 1. The van der Waals surface area contributed by atoms with Gasteiger partial charge in [-0.15, -0.1) is 0 Å². The molecule has 0 amide bonds. The van der Waals surface area contributed by atoms with E-state index in [0.29, 0.717) is 0 Å². The lowest BCUT2D eigenvalue weighted by molar-refractivity contribution is 0.506. The number of halogens is 1. The normalized spacial score (nSPS) is 12.6. The van der Waals surface area contributed by atoms with Gasteiger partial charge in [0, 0.05) is 36.9 Å². The number of imidazole rings is 1. The van der Waals surface area contributed by atoms with Gasteiger partial charge in [0.25, 0.3) is 0 Å². The monoisotopic (exact) mass is 264 g/mol. The summed E-state index contributed by atoms with van der Waals surface area (Å²) in [6.07, 6.45) is 5.49. The van der Waals surface area contributed by atoms with Gasteiger partial charge in [0.2, 0.25) is 0 Å². The van der Waals surface area contributed by atoms with Gasteiger partial charge in [-0.3, -0.25) is 11.3 Å². The molecule has 1 aromatic heterocycles.